The average Bonchev–Trinajstić information content (AvgIpc) is 3.40. The summed E-state index contributed by atoms with van der Waals surface area (Å²) in [5.74, 6) is -3.00. The van der Waals surface area contributed by atoms with Crippen LogP contribution >= 0.6 is 0 Å². The summed E-state index contributed by atoms with van der Waals surface area (Å²) in [6, 6.07) is 7.40. The predicted molar refractivity (Wildman–Crippen MR) is 153 cm³/mol. The number of aliphatic hydroxyl groups is 1. The number of amides is 2. The van der Waals surface area contributed by atoms with Crippen LogP contribution in [0.4, 0.5) is 0 Å². The van der Waals surface area contributed by atoms with E-state index >= 15 is 0 Å². The summed E-state index contributed by atoms with van der Waals surface area (Å²) >= 11 is 0. The summed E-state index contributed by atoms with van der Waals surface area (Å²) in [5, 5.41) is 10.7. The molecule has 0 radical (unpaired) electrons. The number of rotatable bonds is 7. The summed E-state index contributed by atoms with van der Waals surface area (Å²) < 4.78 is 18.2. The molecular formula is C32H41N3O7. The Morgan fingerprint density at radius 1 is 0.976 bits per heavy atom. The highest BCUT2D eigenvalue weighted by Gasteiger charge is 2.76. The Hall–Kier alpha value is -3.05. The van der Waals surface area contributed by atoms with Crippen LogP contribution in [0.3, 0.4) is 0 Å². The minimum atomic E-state index is -1.40. The molecule has 5 aliphatic rings. The van der Waals surface area contributed by atoms with Gasteiger partial charge in [0.2, 0.25) is 11.8 Å². The zero-order valence-corrected chi connectivity index (χ0v) is 24.2. The maximum atomic E-state index is 14.7. The molecule has 1 aromatic rings. The van der Waals surface area contributed by atoms with Gasteiger partial charge in [-0.2, -0.15) is 0 Å². The van der Waals surface area contributed by atoms with E-state index in [9.17, 15) is 19.5 Å². The van der Waals surface area contributed by atoms with E-state index < -0.39 is 41.1 Å². The van der Waals surface area contributed by atoms with E-state index in [4.69, 9.17) is 14.2 Å². The van der Waals surface area contributed by atoms with Crippen LogP contribution in [0.5, 0.6) is 0 Å². The normalized spacial score (nSPS) is 34.9. The third-order valence-corrected chi connectivity index (χ3v) is 9.64. The van der Waals surface area contributed by atoms with Crippen LogP contribution in [-0.2, 0) is 28.6 Å². The SMILES string of the molecule is CC[C@@]12/C=C\CCCOC(=O)[C@@H]1[C@H]1C(=O)N([C@H](CO)c3ccccc3)C3C(=O)N(CCN4CCOCC4)CC=C[C@@]31O2. The quantitative estimate of drug-likeness (QED) is 0.384. The van der Waals surface area contributed by atoms with Gasteiger partial charge >= 0.3 is 5.97 Å². The number of morpholine rings is 1. The van der Waals surface area contributed by atoms with Gasteiger partial charge in [-0.1, -0.05) is 61.6 Å². The fraction of sp³-hybridized carbons (Fsp3) is 0.594. The van der Waals surface area contributed by atoms with Gasteiger partial charge in [-0.05, 0) is 24.8 Å². The Balaban J connectivity index is 1.44. The number of allylic oxidation sites excluding steroid dienone is 1. The van der Waals surface area contributed by atoms with Crippen LogP contribution in [0.15, 0.2) is 54.6 Å². The molecule has 0 aromatic heterocycles. The second-order valence-electron chi connectivity index (χ2n) is 11.8. The molecule has 0 aliphatic carbocycles. The van der Waals surface area contributed by atoms with Crippen molar-refractivity contribution in [1.29, 1.82) is 0 Å². The van der Waals surface area contributed by atoms with Gasteiger partial charge in [0.15, 0.2) is 0 Å². The molecule has 5 aliphatic heterocycles. The zero-order chi connectivity index (χ0) is 29.3. The number of ether oxygens (including phenoxy) is 3. The summed E-state index contributed by atoms with van der Waals surface area (Å²) in [6.07, 6.45) is 9.52. The van der Waals surface area contributed by atoms with E-state index in [-0.39, 0.29) is 25.0 Å². The zero-order valence-electron chi connectivity index (χ0n) is 24.2. The number of likely N-dealkylation sites (tertiary alicyclic amines) is 1. The summed E-state index contributed by atoms with van der Waals surface area (Å²) in [7, 11) is 0. The van der Waals surface area contributed by atoms with Gasteiger partial charge in [-0.3, -0.25) is 19.3 Å². The lowest BCUT2D eigenvalue weighted by Gasteiger charge is -2.41. The molecule has 0 saturated carbocycles. The van der Waals surface area contributed by atoms with Crippen LogP contribution in [0.25, 0.3) is 0 Å². The number of carbonyl (C=O) groups excluding carboxylic acids is 3. The van der Waals surface area contributed by atoms with Crippen molar-refractivity contribution in [3.63, 3.8) is 0 Å². The molecule has 3 saturated heterocycles. The number of hydrogen-bond donors (Lipinski definition) is 1. The highest BCUT2D eigenvalue weighted by atomic mass is 16.6. The van der Waals surface area contributed by atoms with E-state index in [0.29, 0.717) is 51.3 Å². The fourth-order valence-corrected chi connectivity index (χ4v) is 7.51. The number of esters is 1. The Bertz CT molecular complexity index is 1230. The number of hydrogen-bond acceptors (Lipinski definition) is 8. The lowest BCUT2D eigenvalue weighted by molar-refractivity contribution is -0.163. The first-order chi connectivity index (χ1) is 20.5. The number of nitrogens with zero attached hydrogens (tertiary/aromatic N) is 3. The van der Waals surface area contributed by atoms with E-state index in [1.54, 1.807) is 4.90 Å². The molecule has 6 rings (SSSR count). The molecule has 3 fully saturated rings. The molecule has 1 spiro atoms. The fourth-order valence-electron chi connectivity index (χ4n) is 7.51. The summed E-state index contributed by atoms with van der Waals surface area (Å²) in [4.78, 5) is 48.7. The molecule has 1 N–H and O–H groups in total. The molecule has 1 aromatic carbocycles. The Kier molecular flexibility index (Phi) is 8.24. The van der Waals surface area contributed by atoms with Gasteiger partial charge in [-0.25, -0.2) is 0 Å². The van der Waals surface area contributed by atoms with E-state index in [2.05, 4.69) is 4.90 Å². The van der Waals surface area contributed by atoms with Crippen LogP contribution < -0.4 is 0 Å². The third kappa shape index (κ3) is 4.78. The Labute approximate surface area is 246 Å². The topological polar surface area (TPSA) is 109 Å². The van der Waals surface area contributed by atoms with E-state index in [1.165, 1.54) is 4.90 Å². The lowest BCUT2D eigenvalue weighted by Crippen LogP contribution is -2.57. The van der Waals surface area contributed by atoms with Crippen molar-refractivity contribution >= 4 is 17.8 Å². The molecule has 10 heteroatoms. The Morgan fingerprint density at radius 3 is 2.50 bits per heavy atom. The molecule has 0 bridgehead atoms. The average molecular weight is 580 g/mol. The second-order valence-corrected chi connectivity index (χ2v) is 11.8. The van der Waals surface area contributed by atoms with Gasteiger partial charge in [0.1, 0.15) is 23.2 Å². The molecule has 1 unspecified atom stereocenters. The minimum absolute atomic E-state index is 0.242. The van der Waals surface area contributed by atoms with Gasteiger partial charge in [0.05, 0.1) is 38.4 Å². The van der Waals surface area contributed by atoms with Crippen LogP contribution in [-0.4, -0.2) is 114 Å². The maximum absolute atomic E-state index is 14.7. The third-order valence-electron chi connectivity index (χ3n) is 9.64. The molecule has 226 valence electrons. The lowest BCUT2D eigenvalue weighted by atomic mass is 9.73. The summed E-state index contributed by atoms with van der Waals surface area (Å²) in [5.41, 5.74) is -1.78. The number of carbonyl (C=O) groups is 3. The first-order valence-electron chi connectivity index (χ1n) is 15.2. The van der Waals surface area contributed by atoms with Crippen molar-refractivity contribution < 1.29 is 33.7 Å². The van der Waals surface area contributed by atoms with Crippen LogP contribution in [0, 0.1) is 11.8 Å². The highest BCUT2D eigenvalue weighted by Crippen LogP contribution is 2.59. The molecule has 2 amide bonds. The van der Waals surface area contributed by atoms with Crippen molar-refractivity contribution in [3.05, 3.63) is 60.2 Å². The smallest absolute Gasteiger partial charge is 0.313 e. The van der Waals surface area contributed by atoms with Crippen molar-refractivity contribution in [1.82, 2.24) is 14.7 Å². The number of fused-ring (bicyclic) bond motifs is 2. The van der Waals surface area contributed by atoms with Crippen LogP contribution in [0.1, 0.15) is 37.8 Å². The molecule has 10 nitrogen and oxygen atoms in total. The number of aliphatic hydroxyl groups excluding tert-OH is 1. The minimum Gasteiger partial charge on any atom is -0.465 e. The molecule has 6 atom stereocenters. The van der Waals surface area contributed by atoms with Gasteiger partial charge in [0.25, 0.3) is 0 Å². The maximum Gasteiger partial charge on any atom is 0.313 e. The molecule has 42 heavy (non-hydrogen) atoms. The predicted octanol–water partition coefficient (Wildman–Crippen LogP) is 1.70. The van der Waals surface area contributed by atoms with Crippen molar-refractivity contribution in [2.45, 2.75) is 49.5 Å². The first-order valence-corrected chi connectivity index (χ1v) is 15.2. The van der Waals surface area contributed by atoms with Crippen molar-refractivity contribution in [2.75, 3.05) is 59.2 Å². The van der Waals surface area contributed by atoms with Gasteiger partial charge in [0, 0.05) is 32.7 Å². The monoisotopic (exact) mass is 579 g/mol. The van der Waals surface area contributed by atoms with E-state index in [0.717, 1.165) is 19.5 Å². The standard InChI is InChI=1S/C32H41N3O7/c1-2-31-12-7-4-8-19-41-30(39)26(31)25-28(37)35(24(22-36)23-10-5-3-6-11-23)27-29(38)34(14-9-13-32(25,27)42-31)16-15-33-17-20-40-21-18-33/h3,5-7,9-13,24-27,36H,2,4,8,14-22H2,1H3/b12-7-/t24-,25+,26+,27?,31-,32+/m1/s1. The first kappa shape index (κ1) is 29.0. The second kappa shape index (κ2) is 11.9. The summed E-state index contributed by atoms with van der Waals surface area (Å²) in [6.45, 7) is 6.26. The van der Waals surface area contributed by atoms with E-state index in [1.807, 2.05) is 61.6 Å². The Morgan fingerprint density at radius 2 is 1.76 bits per heavy atom. The highest BCUT2D eigenvalue weighted by molar-refractivity contribution is 5.99. The van der Waals surface area contributed by atoms with Crippen LogP contribution in [0.2, 0.25) is 0 Å². The molecule has 5 heterocycles. The van der Waals surface area contributed by atoms with Crippen molar-refractivity contribution in [3.8, 4) is 0 Å². The van der Waals surface area contributed by atoms with Crippen molar-refractivity contribution in [2.24, 2.45) is 11.8 Å². The number of cyclic esters (lactones) is 1. The van der Waals surface area contributed by atoms with Gasteiger partial charge < -0.3 is 29.1 Å². The largest absolute Gasteiger partial charge is 0.465 e. The number of benzene rings is 1. The molecular weight excluding hydrogens is 538 g/mol. The van der Waals surface area contributed by atoms with Gasteiger partial charge in [-0.15, -0.1) is 0 Å².